The Morgan fingerprint density at radius 2 is 1.81 bits per heavy atom. The minimum atomic E-state index is -0.246. The number of benzene rings is 1. The van der Waals surface area contributed by atoms with Crippen LogP contribution in [0.25, 0.3) is 0 Å². The number of rotatable bonds is 4. The third kappa shape index (κ3) is 4.24. The number of piperidine rings is 1. The Labute approximate surface area is 130 Å². The highest BCUT2D eigenvalue weighted by molar-refractivity contribution is 8.00. The van der Waals surface area contributed by atoms with Crippen molar-refractivity contribution in [2.24, 2.45) is 11.7 Å². The molecule has 1 aliphatic heterocycles. The maximum Gasteiger partial charge on any atom is 0.235 e. The van der Waals surface area contributed by atoms with Crippen molar-refractivity contribution in [3.05, 3.63) is 29.8 Å². The third-order valence-electron chi connectivity index (χ3n) is 3.89. The summed E-state index contributed by atoms with van der Waals surface area (Å²) in [5.74, 6) is -0.179. The molecular formula is C16H22N2O2S. The van der Waals surface area contributed by atoms with Crippen molar-refractivity contribution >= 4 is 23.6 Å². The molecule has 114 valence electrons. The SMILES string of the molecule is Cc1ccc(S[C@H](C)C(=O)N2CCC(C(N)=O)CC2)cc1. The van der Waals surface area contributed by atoms with E-state index in [9.17, 15) is 9.59 Å². The van der Waals surface area contributed by atoms with Gasteiger partial charge in [0.25, 0.3) is 0 Å². The number of likely N-dealkylation sites (tertiary alicyclic amines) is 1. The van der Waals surface area contributed by atoms with Gasteiger partial charge in [-0.15, -0.1) is 11.8 Å². The molecule has 1 aliphatic rings. The first-order chi connectivity index (χ1) is 9.97. The monoisotopic (exact) mass is 306 g/mol. The van der Waals surface area contributed by atoms with Crippen molar-refractivity contribution in [2.75, 3.05) is 13.1 Å². The quantitative estimate of drug-likeness (QED) is 0.867. The molecule has 0 unspecified atom stereocenters. The molecule has 0 bridgehead atoms. The first-order valence-corrected chi connectivity index (χ1v) is 8.17. The van der Waals surface area contributed by atoms with Crippen molar-refractivity contribution in [3.8, 4) is 0 Å². The molecule has 0 spiro atoms. The maximum atomic E-state index is 12.4. The van der Waals surface area contributed by atoms with Gasteiger partial charge in [0.05, 0.1) is 5.25 Å². The fourth-order valence-corrected chi connectivity index (χ4v) is 3.46. The molecule has 0 saturated carbocycles. The first kappa shape index (κ1) is 15.9. The summed E-state index contributed by atoms with van der Waals surface area (Å²) < 4.78 is 0. The number of nitrogens with zero attached hydrogens (tertiary/aromatic N) is 1. The second kappa shape index (κ2) is 6.98. The summed E-state index contributed by atoms with van der Waals surface area (Å²) in [7, 11) is 0. The van der Waals surface area contributed by atoms with E-state index in [0.717, 1.165) is 4.90 Å². The average Bonchev–Trinajstić information content (AvgIpc) is 2.49. The largest absolute Gasteiger partial charge is 0.369 e. The topological polar surface area (TPSA) is 63.4 Å². The number of primary amides is 1. The average molecular weight is 306 g/mol. The fraction of sp³-hybridized carbons (Fsp3) is 0.500. The van der Waals surface area contributed by atoms with Crippen LogP contribution in [-0.4, -0.2) is 35.1 Å². The molecule has 2 amide bonds. The first-order valence-electron chi connectivity index (χ1n) is 7.29. The van der Waals surface area contributed by atoms with Crippen LogP contribution in [0.4, 0.5) is 0 Å². The Bertz CT molecular complexity index is 508. The summed E-state index contributed by atoms with van der Waals surface area (Å²) in [5.41, 5.74) is 6.53. The molecule has 1 aromatic rings. The lowest BCUT2D eigenvalue weighted by molar-refractivity contribution is -0.134. The van der Waals surface area contributed by atoms with E-state index in [1.54, 1.807) is 11.8 Å². The van der Waals surface area contributed by atoms with Crippen molar-refractivity contribution in [2.45, 2.75) is 36.8 Å². The number of aryl methyl sites for hydroxylation is 1. The molecule has 1 saturated heterocycles. The number of carbonyl (C=O) groups is 2. The van der Waals surface area contributed by atoms with E-state index in [4.69, 9.17) is 5.73 Å². The van der Waals surface area contributed by atoms with Crippen LogP contribution in [-0.2, 0) is 9.59 Å². The molecular weight excluding hydrogens is 284 g/mol. The van der Waals surface area contributed by atoms with Gasteiger partial charge in [0.1, 0.15) is 0 Å². The highest BCUT2D eigenvalue weighted by Crippen LogP contribution is 2.26. The van der Waals surface area contributed by atoms with Crippen LogP contribution in [0.2, 0.25) is 0 Å². The van der Waals surface area contributed by atoms with E-state index in [0.29, 0.717) is 25.9 Å². The minimum absolute atomic E-state index is 0.0749. The summed E-state index contributed by atoms with van der Waals surface area (Å²) >= 11 is 1.58. The Morgan fingerprint density at radius 1 is 1.24 bits per heavy atom. The van der Waals surface area contributed by atoms with E-state index in [1.807, 2.05) is 30.9 Å². The van der Waals surface area contributed by atoms with Gasteiger partial charge in [-0.2, -0.15) is 0 Å². The molecule has 1 atom stereocenters. The predicted molar refractivity (Wildman–Crippen MR) is 85.0 cm³/mol. The summed E-state index contributed by atoms with van der Waals surface area (Å²) in [6.45, 7) is 5.25. The van der Waals surface area contributed by atoms with E-state index in [1.165, 1.54) is 5.56 Å². The Balaban J connectivity index is 1.88. The lowest BCUT2D eigenvalue weighted by Gasteiger charge is -2.32. The van der Waals surface area contributed by atoms with Gasteiger partial charge in [-0.05, 0) is 38.8 Å². The summed E-state index contributed by atoms with van der Waals surface area (Å²) in [6.07, 6.45) is 1.37. The molecule has 5 heteroatoms. The van der Waals surface area contributed by atoms with Crippen LogP contribution in [0.1, 0.15) is 25.3 Å². The molecule has 1 aromatic carbocycles. The molecule has 1 fully saturated rings. The van der Waals surface area contributed by atoms with Crippen LogP contribution in [0.5, 0.6) is 0 Å². The van der Waals surface area contributed by atoms with Crippen LogP contribution in [0.3, 0.4) is 0 Å². The standard InChI is InChI=1S/C16H22N2O2S/c1-11-3-5-14(6-4-11)21-12(2)16(20)18-9-7-13(8-10-18)15(17)19/h3-6,12-13H,7-10H2,1-2H3,(H2,17,19)/t12-/m1/s1. The van der Waals surface area contributed by atoms with Gasteiger partial charge in [-0.1, -0.05) is 17.7 Å². The number of carbonyl (C=O) groups excluding carboxylic acids is 2. The number of nitrogens with two attached hydrogens (primary N) is 1. The molecule has 2 N–H and O–H groups in total. The molecule has 4 nitrogen and oxygen atoms in total. The summed E-state index contributed by atoms with van der Waals surface area (Å²) in [5, 5.41) is -0.113. The van der Waals surface area contributed by atoms with Crippen molar-refractivity contribution in [1.82, 2.24) is 4.90 Å². The van der Waals surface area contributed by atoms with Crippen LogP contribution in [0.15, 0.2) is 29.2 Å². The molecule has 0 aliphatic carbocycles. The van der Waals surface area contributed by atoms with Gasteiger partial charge >= 0.3 is 0 Å². The Kier molecular flexibility index (Phi) is 5.28. The van der Waals surface area contributed by atoms with Gasteiger partial charge in [0.2, 0.25) is 11.8 Å². The number of thioether (sulfide) groups is 1. The van der Waals surface area contributed by atoms with Gasteiger partial charge in [-0.25, -0.2) is 0 Å². The number of hydrogen-bond donors (Lipinski definition) is 1. The lowest BCUT2D eigenvalue weighted by Crippen LogP contribution is -2.44. The van der Waals surface area contributed by atoms with Gasteiger partial charge < -0.3 is 10.6 Å². The summed E-state index contributed by atoms with van der Waals surface area (Å²) in [4.78, 5) is 26.5. The molecule has 0 aromatic heterocycles. The van der Waals surface area contributed by atoms with Crippen LogP contribution < -0.4 is 5.73 Å². The zero-order chi connectivity index (χ0) is 15.4. The van der Waals surface area contributed by atoms with Crippen molar-refractivity contribution in [3.63, 3.8) is 0 Å². The van der Waals surface area contributed by atoms with E-state index >= 15 is 0 Å². The van der Waals surface area contributed by atoms with E-state index in [2.05, 4.69) is 12.1 Å². The maximum absolute atomic E-state index is 12.4. The van der Waals surface area contributed by atoms with Crippen molar-refractivity contribution < 1.29 is 9.59 Å². The van der Waals surface area contributed by atoms with Crippen LogP contribution >= 0.6 is 11.8 Å². The van der Waals surface area contributed by atoms with Gasteiger partial charge in [0.15, 0.2) is 0 Å². The molecule has 0 radical (unpaired) electrons. The second-order valence-corrected chi connectivity index (χ2v) is 6.99. The Hall–Kier alpha value is -1.49. The Morgan fingerprint density at radius 3 is 2.33 bits per heavy atom. The van der Waals surface area contributed by atoms with E-state index < -0.39 is 0 Å². The second-order valence-electron chi connectivity index (χ2n) is 5.58. The predicted octanol–water partition coefficient (Wildman–Crippen LogP) is 2.20. The smallest absolute Gasteiger partial charge is 0.235 e. The van der Waals surface area contributed by atoms with Gasteiger partial charge in [0, 0.05) is 23.9 Å². The van der Waals surface area contributed by atoms with Crippen molar-refractivity contribution in [1.29, 1.82) is 0 Å². The fourth-order valence-electron chi connectivity index (χ4n) is 2.51. The summed E-state index contributed by atoms with van der Waals surface area (Å²) in [6, 6.07) is 8.20. The molecule has 21 heavy (non-hydrogen) atoms. The highest BCUT2D eigenvalue weighted by Gasteiger charge is 2.28. The van der Waals surface area contributed by atoms with Gasteiger partial charge in [-0.3, -0.25) is 9.59 Å². The normalized spacial score (nSPS) is 17.5. The third-order valence-corrected chi connectivity index (χ3v) is 4.99. The highest BCUT2D eigenvalue weighted by atomic mass is 32.2. The van der Waals surface area contributed by atoms with E-state index in [-0.39, 0.29) is 23.0 Å². The van der Waals surface area contributed by atoms with Crippen LogP contribution in [0, 0.1) is 12.8 Å². The number of amides is 2. The lowest BCUT2D eigenvalue weighted by atomic mass is 9.96. The minimum Gasteiger partial charge on any atom is -0.369 e. The number of hydrogen-bond acceptors (Lipinski definition) is 3. The molecule has 2 rings (SSSR count). The molecule has 1 heterocycles. The zero-order valence-electron chi connectivity index (χ0n) is 12.5. The zero-order valence-corrected chi connectivity index (χ0v) is 13.4.